The molecular formula is C14H24N4O4. The molecule has 0 unspecified atom stereocenters. The Kier molecular flexibility index (Phi) is 6.33. The molecule has 0 saturated heterocycles. The van der Waals surface area contributed by atoms with E-state index < -0.39 is 23.4 Å². The van der Waals surface area contributed by atoms with Crippen molar-refractivity contribution in [2.45, 2.75) is 45.1 Å². The normalized spacial score (nSPS) is 16.8. The molecule has 1 fully saturated rings. The van der Waals surface area contributed by atoms with Gasteiger partial charge in [-0.05, 0) is 32.6 Å². The fourth-order valence-electron chi connectivity index (χ4n) is 2.52. The van der Waals surface area contributed by atoms with Gasteiger partial charge in [-0.2, -0.15) is 0 Å². The van der Waals surface area contributed by atoms with E-state index in [9.17, 15) is 19.2 Å². The van der Waals surface area contributed by atoms with Crippen molar-refractivity contribution in [1.82, 2.24) is 16.0 Å². The van der Waals surface area contributed by atoms with Crippen LogP contribution in [0.3, 0.4) is 0 Å². The quantitative estimate of drug-likeness (QED) is 0.353. The first kappa shape index (κ1) is 17.9. The zero-order valence-corrected chi connectivity index (χ0v) is 13.0. The predicted molar refractivity (Wildman–Crippen MR) is 79.8 cm³/mol. The number of hydrogen-bond donors (Lipinski definition) is 4. The van der Waals surface area contributed by atoms with Gasteiger partial charge in [-0.25, -0.2) is 4.79 Å². The number of ketones is 1. The minimum absolute atomic E-state index is 0.182. The van der Waals surface area contributed by atoms with Gasteiger partial charge in [0.1, 0.15) is 5.41 Å². The molecule has 0 spiro atoms. The van der Waals surface area contributed by atoms with Crippen molar-refractivity contribution in [3.05, 3.63) is 0 Å². The van der Waals surface area contributed by atoms with Crippen LogP contribution in [0.4, 0.5) is 4.79 Å². The van der Waals surface area contributed by atoms with Gasteiger partial charge in [-0.3, -0.25) is 14.4 Å². The fourth-order valence-corrected chi connectivity index (χ4v) is 2.52. The van der Waals surface area contributed by atoms with Crippen LogP contribution in [0.15, 0.2) is 0 Å². The van der Waals surface area contributed by atoms with Crippen molar-refractivity contribution in [3.63, 3.8) is 0 Å². The molecule has 22 heavy (non-hydrogen) atoms. The zero-order valence-electron chi connectivity index (χ0n) is 13.0. The van der Waals surface area contributed by atoms with Gasteiger partial charge >= 0.3 is 6.03 Å². The average Bonchev–Trinajstić information content (AvgIpc) is 2.40. The topological polar surface area (TPSA) is 130 Å². The highest BCUT2D eigenvalue weighted by Crippen LogP contribution is 2.41. The van der Waals surface area contributed by atoms with Crippen LogP contribution in [0.1, 0.15) is 39.0 Å². The van der Waals surface area contributed by atoms with E-state index in [1.54, 1.807) is 0 Å². The van der Waals surface area contributed by atoms with Crippen LogP contribution in [-0.2, 0) is 14.4 Å². The first-order valence-corrected chi connectivity index (χ1v) is 7.40. The van der Waals surface area contributed by atoms with Gasteiger partial charge in [0.2, 0.25) is 11.8 Å². The summed E-state index contributed by atoms with van der Waals surface area (Å²) in [5.74, 6) is -0.895. The maximum atomic E-state index is 12.4. The van der Waals surface area contributed by atoms with Crippen LogP contribution in [0.2, 0.25) is 0 Å². The highest BCUT2D eigenvalue weighted by Gasteiger charge is 2.50. The molecular weight excluding hydrogens is 288 g/mol. The highest BCUT2D eigenvalue weighted by atomic mass is 16.2. The van der Waals surface area contributed by atoms with Gasteiger partial charge in [-0.1, -0.05) is 6.42 Å². The fraction of sp³-hybridized carbons (Fsp3) is 0.714. The van der Waals surface area contributed by atoms with Crippen molar-refractivity contribution in [2.75, 3.05) is 13.6 Å². The third-order valence-corrected chi connectivity index (χ3v) is 4.07. The standard InChI is InChI=1S/C14H24N4O4/c1-9(19)10(5-3-8-17-13(15)22)18-12(21)14(6-4-7-14)11(20)16-2/h10H,3-8H2,1-2H3,(H,16,20)(H,18,21)(H3,15,17,22)/t10-/m0/s1. The van der Waals surface area contributed by atoms with E-state index >= 15 is 0 Å². The summed E-state index contributed by atoms with van der Waals surface area (Å²) in [4.78, 5) is 46.5. The summed E-state index contributed by atoms with van der Waals surface area (Å²) in [5.41, 5.74) is 3.90. The summed E-state index contributed by atoms with van der Waals surface area (Å²) in [7, 11) is 1.49. The SMILES string of the molecule is CNC(=O)C1(C(=O)N[C@@H](CCCNC(N)=O)C(C)=O)CCC1. The smallest absolute Gasteiger partial charge is 0.312 e. The van der Waals surface area contributed by atoms with E-state index in [0.29, 0.717) is 32.2 Å². The lowest BCUT2D eigenvalue weighted by molar-refractivity contribution is -0.150. The van der Waals surface area contributed by atoms with Crippen LogP contribution in [0, 0.1) is 5.41 Å². The minimum Gasteiger partial charge on any atom is -0.358 e. The van der Waals surface area contributed by atoms with Crippen molar-refractivity contribution in [3.8, 4) is 0 Å². The van der Waals surface area contributed by atoms with E-state index in [1.165, 1.54) is 14.0 Å². The molecule has 0 aromatic rings. The maximum Gasteiger partial charge on any atom is 0.312 e. The number of nitrogens with one attached hydrogen (secondary N) is 3. The van der Waals surface area contributed by atoms with Crippen LogP contribution < -0.4 is 21.7 Å². The van der Waals surface area contributed by atoms with E-state index in [1.807, 2.05) is 0 Å². The second kappa shape index (κ2) is 7.77. The molecule has 124 valence electrons. The first-order valence-electron chi connectivity index (χ1n) is 7.40. The molecule has 8 heteroatoms. The summed E-state index contributed by atoms with van der Waals surface area (Å²) >= 11 is 0. The Bertz CT molecular complexity index is 460. The molecule has 4 amide bonds. The summed E-state index contributed by atoms with van der Waals surface area (Å²) in [6.45, 7) is 1.72. The lowest BCUT2D eigenvalue weighted by Gasteiger charge is -2.39. The largest absolute Gasteiger partial charge is 0.358 e. The average molecular weight is 312 g/mol. The Morgan fingerprint density at radius 3 is 2.23 bits per heavy atom. The van der Waals surface area contributed by atoms with Crippen LogP contribution >= 0.6 is 0 Å². The molecule has 1 atom stereocenters. The lowest BCUT2D eigenvalue weighted by Crippen LogP contribution is -2.57. The molecule has 1 saturated carbocycles. The van der Waals surface area contributed by atoms with Gasteiger partial charge in [0.15, 0.2) is 5.78 Å². The van der Waals surface area contributed by atoms with Gasteiger partial charge in [-0.15, -0.1) is 0 Å². The molecule has 0 aromatic heterocycles. The molecule has 0 aromatic carbocycles. The number of Topliss-reactive ketones (excluding diaryl/α,β-unsaturated/α-hetero) is 1. The molecule has 0 aliphatic heterocycles. The summed E-state index contributed by atoms with van der Waals surface area (Å²) in [5, 5.41) is 7.60. The summed E-state index contributed by atoms with van der Waals surface area (Å²) < 4.78 is 0. The molecule has 1 aliphatic rings. The van der Waals surface area contributed by atoms with Crippen molar-refractivity contribution >= 4 is 23.6 Å². The number of hydrogen-bond acceptors (Lipinski definition) is 4. The number of carbonyl (C=O) groups excluding carboxylic acids is 4. The first-order chi connectivity index (χ1) is 10.3. The number of primary amides is 1. The monoisotopic (exact) mass is 312 g/mol. The van der Waals surface area contributed by atoms with Crippen LogP contribution in [0.25, 0.3) is 0 Å². The number of amides is 4. The number of carbonyl (C=O) groups is 4. The Labute approximate surface area is 129 Å². The molecule has 8 nitrogen and oxygen atoms in total. The molecule has 0 heterocycles. The highest BCUT2D eigenvalue weighted by molar-refractivity contribution is 6.06. The number of nitrogens with two attached hydrogens (primary N) is 1. The second-order valence-corrected chi connectivity index (χ2v) is 5.58. The molecule has 1 aliphatic carbocycles. The maximum absolute atomic E-state index is 12.4. The Hall–Kier alpha value is -2.12. The van der Waals surface area contributed by atoms with E-state index in [2.05, 4.69) is 16.0 Å². The third-order valence-electron chi connectivity index (χ3n) is 4.07. The van der Waals surface area contributed by atoms with Gasteiger partial charge < -0.3 is 21.7 Å². The molecule has 5 N–H and O–H groups in total. The molecule has 0 bridgehead atoms. The molecule has 0 radical (unpaired) electrons. The number of urea groups is 1. The predicted octanol–water partition coefficient (Wildman–Crippen LogP) is -0.575. The summed E-state index contributed by atoms with van der Waals surface area (Å²) in [6.07, 6.45) is 2.68. The second-order valence-electron chi connectivity index (χ2n) is 5.58. The van der Waals surface area contributed by atoms with Gasteiger partial charge in [0.05, 0.1) is 6.04 Å². The van der Waals surface area contributed by atoms with Crippen LogP contribution in [0.5, 0.6) is 0 Å². The zero-order chi connectivity index (χ0) is 16.8. The Balaban J connectivity index is 2.58. The van der Waals surface area contributed by atoms with Crippen LogP contribution in [-0.4, -0.2) is 43.3 Å². The van der Waals surface area contributed by atoms with E-state index in [-0.39, 0.29) is 11.7 Å². The van der Waals surface area contributed by atoms with Gasteiger partial charge in [0, 0.05) is 13.6 Å². The summed E-state index contributed by atoms with van der Waals surface area (Å²) in [6, 6.07) is -1.29. The Morgan fingerprint density at radius 1 is 1.18 bits per heavy atom. The lowest BCUT2D eigenvalue weighted by atomic mass is 9.67. The third kappa shape index (κ3) is 4.19. The minimum atomic E-state index is -1.05. The number of rotatable bonds is 8. The van der Waals surface area contributed by atoms with Crippen molar-refractivity contribution < 1.29 is 19.2 Å². The van der Waals surface area contributed by atoms with E-state index in [0.717, 1.165) is 6.42 Å². The van der Waals surface area contributed by atoms with Crippen molar-refractivity contribution in [1.29, 1.82) is 0 Å². The Morgan fingerprint density at radius 2 is 1.82 bits per heavy atom. The van der Waals surface area contributed by atoms with Crippen molar-refractivity contribution in [2.24, 2.45) is 11.1 Å². The van der Waals surface area contributed by atoms with E-state index in [4.69, 9.17) is 5.73 Å². The molecule has 1 rings (SSSR count). The van der Waals surface area contributed by atoms with Gasteiger partial charge in [0.25, 0.3) is 0 Å².